The van der Waals surface area contributed by atoms with Crippen LogP contribution in [0.15, 0.2) is 0 Å². The number of carbonyl (C=O) groups excluding carboxylic acids is 2. The molecular formula is C4H3AlMgO7S+2. The van der Waals surface area contributed by atoms with Crippen LogP contribution < -0.4 is 10.2 Å². The molecule has 0 aromatic heterocycles. The topological polar surface area (TPSA) is 137 Å². The summed E-state index contributed by atoms with van der Waals surface area (Å²) in [4.78, 5) is 19.7. The molecule has 0 aromatic carbocycles. The molecule has 14 heavy (non-hydrogen) atoms. The maximum atomic E-state index is 10.0. The second-order valence-electron chi connectivity index (χ2n) is 1.88. The second-order valence-corrected chi connectivity index (χ2v) is 3.43. The molecule has 0 saturated carbocycles. The van der Waals surface area contributed by atoms with Gasteiger partial charge in [0.15, 0.2) is 0 Å². The third-order valence-corrected chi connectivity index (χ3v) is 2.02. The maximum Gasteiger partial charge on any atom is 3.00 e. The Morgan fingerprint density at radius 2 is 1.57 bits per heavy atom. The molecule has 0 fully saturated rings. The summed E-state index contributed by atoms with van der Waals surface area (Å²) in [5.74, 6) is -4.18. The fraction of sp³-hybridized carbons (Fsp3) is 0.500. The fourth-order valence-corrected chi connectivity index (χ4v) is 1.03. The molecule has 10 heteroatoms. The molecule has 70 valence electrons. The third-order valence-electron chi connectivity index (χ3n) is 0.963. The van der Waals surface area contributed by atoms with Crippen LogP contribution in [0, 0.1) is 0 Å². The van der Waals surface area contributed by atoms with Gasteiger partial charge in [-0.1, -0.05) is 0 Å². The van der Waals surface area contributed by atoms with E-state index >= 15 is 0 Å². The van der Waals surface area contributed by atoms with E-state index in [9.17, 15) is 32.8 Å². The first-order chi connectivity index (χ1) is 5.25. The summed E-state index contributed by atoms with van der Waals surface area (Å²) in [7, 11) is -5.19. The van der Waals surface area contributed by atoms with E-state index in [2.05, 4.69) is 0 Å². The van der Waals surface area contributed by atoms with Crippen LogP contribution in [-0.2, 0) is 19.7 Å². The van der Waals surface area contributed by atoms with Crippen molar-refractivity contribution in [2.75, 3.05) is 0 Å². The Kier molecular flexibility index (Phi) is 10.5. The zero-order valence-corrected chi connectivity index (χ0v) is 10.2. The molecule has 0 bridgehead atoms. The standard InChI is InChI=1S/C4H6O7S.Al.Mg/c5-3(6)1-2(4(7)8)12(9,10)11;;/h2H,1H2,(H,5,6)(H,7,8)(H,9,10,11);;/q;+3;+2/p-3. The van der Waals surface area contributed by atoms with Gasteiger partial charge in [0.1, 0.15) is 10.1 Å². The molecule has 0 aromatic rings. The summed E-state index contributed by atoms with van der Waals surface area (Å²) < 4.78 is 30.1. The van der Waals surface area contributed by atoms with Gasteiger partial charge in [-0.05, 0) is 0 Å². The van der Waals surface area contributed by atoms with Crippen molar-refractivity contribution in [3.63, 3.8) is 0 Å². The fourth-order valence-electron chi connectivity index (χ4n) is 0.455. The Labute approximate surface area is 107 Å². The number of carboxylic acid groups (broad SMARTS) is 2. The number of hydrogen-bond acceptors (Lipinski definition) is 7. The van der Waals surface area contributed by atoms with E-state index < -0.39 is 33.7 Å². The number of aliphatic carboxylic acids is 2. The van der Waals surface area contributed by atoms with Crippen LogP contribution in [0.3, 0.4) is 0 Å². The molecule has 0 spiro atoms. The Morgan fingerprint density at radius 3 is 1.64 bits per heavy atom. The summed E-state index contributed by atoms with van der Waals surface area (Å²) in [6, 6.07) is 0. The van der Waals surface area contributed by atoms with Crippen LogP contribution in [0.5, 0.6) is 0 Å². The van der Waals surface area contributed by atoms with E-state index in [-0.39, 0.29) is 40.4 Å². The molecule has 0 radical (unpaired) electrons. The van der Waals surface area contributed by atoms with Gasteiger partial charge in [0.25, 0.3) is 0 Å². The SMILES string of the molecule is O=C([O-])CC(C(=O)[O-])S(=O)(=O)[O-].[Al+3].[Mg+2]. The summed E-state index contributed by atoms with van der Waals surface area (Å²) >= 11 is 0. The molecule has 0 N–H and O–H groups in total. The van der Waals surface area contributed by atoms with Crippen molar-refractivity contribution >= 4 is 62.5 Å². The number of hydrogen-bond donors (Lipinski definition) is 0. The van der Waals surface area contributed by atoms with Crippen molar-refractivity contribution in [3.8, 4) is 0 Å². The Balaban J connectivity index is -0.000000605. The van der Waals surface area contributed by atoms with Crippen molar-refractivity contribution in [1.29, 1.82) is 0 Å². The molecule has 0 amide bonds. The van der Waals surface area contributed by atoms with Crippen LogP contribution in [0.4, 0.5) is 0 Å². The van der Waals surface area contributed by atoms with E-state index in [1.165, 1.54) is 0 Å². The number of rotatable bonds is 4. The van der Waals surface area contributed by atoms with E-state index in [0.29, 0.717) is 0 Å². The molecule has 0 saturated heterocycles. The van der Waals surface area contributed by atoms with Gasteiger partial charge < -0.3 is 24.4 Å². The third kappa shape index (κ3) is 7.54. The van der Waals surface area contributed by atoms with E-state index in [0.717, 1.165) is 0 Å². The average molecular weight is 246 g/mol. The summed E-state index contributed by atoms with van der Waals surface area (Å²) in [6.45, 7) is 0. The van der Waals surface area contributed by atoms with Crippen molar-refractivity contribution in [3.05, 3.63) is 0 Å². The van der Waals surface area contributed by atoms with E-state index in [4.69, 9.17) is 0 Å². The first-order valence-electron chi connectivity index (χ1n) is 2.60. The predicted octanol–water partition coefficient (Wildman–Crippen LogP) is -4.97. The van der Waals surface area contributed by atoms with Gasteiger partial charge in [-0.25, -0.2) is 8.42 Å². The normalized spacial score (nSPS) is 11.8. The van der Waals surface area contributed by atoms with Crippen molar-refractivity contribution < 1.29 is 32.8 Å². The van der Waals surface area contributed by atoms with Crippen LogP contribution in [0.25, 0.3) is 0 Å². The summed E-state index contributed by atoms with van der Waals surface area (Å²) in [5, 5.41) is 17.1. The van der Waals surface area contributed by atoms with E-state index in [1.807, 2.05) is 0 Å². The first-order valence-corrected chi connectivity index (χ1v) is 4.07. The quantitative estimate of drug-likeness (QED) is 0.357. The Hall–Kier alpha value is 0.149. The van der Waals surface area contributed by atoms with Crippen LogP contribution in [0.2, 0.25) is 0 Å². The maximum absolute atomic E-state index is 10.0. The largest absolute Gasteiger partial charge is 3.00 e. The molecule has 0 heterocycles. The van der Waals surface area contributed by atoms with Crippen molar-refractivity contribution in [2.24, 2.45) is 0 Å². The number of carboxylic acids is 2. The van der Waals surface area contributed by atoms with Gasteiger partial charge in [0, 0.05) is 12.4 Å². The van der Waals surface area contributed by atoms with Gasteiger partial charge in [0.05, 0.1) is 11.2 Å². The Bertz CT molecular complexity index is 299. The van der Waals surface area contributed by atoms with Crippen LogP contribution in [-0.4, -0.2) is 70.6 Å². The minimum atomic E-state index is -5.19. The second kappa shape index (κ2) is 7.44. The molecule has 0 aliphatic rings. The monoisotopic (exact) mass is 246 g/mol. The van der Waals surface area contributed by atoms with Crippen LogP contribution >= 0.6 is 0 Å². The summed E-state index contributed by atoms with van der Waals surface area (Å²) in [5.41, 5.74) is 0. The van der Waals surface area contributed by atoms with Gasteiger partial charge >= 0.3 is 40.4 Å². The van der Waals surface area contributed by atoms with Crippen molar-refractivity contribution in [1.82, 2.24) is 0 Å². The van der Waals surface area contributed by atoms with Gasteiger partial charge in [-0.2, -0.15) is 0 Å². The molecular weight excluding hydrogens is 243 g/mol. The molecule has 1 unspecified atom stereocenters. The summed E-state index contributed by atoms with van der Waals surface area (Å²) in [6.07, 6.45) is -1.39. The zero-order chi connectivity index (χ0) is 9.94. The molecule has 0 aliphatic heterocycles. The predicted molar refractivity (Wildman–Crippen MR) is 39.6 cm³/mol. The molecule has 0 rings (SSSR count). The van der Waals surface area contributed by atoms with Gasteiger partial charge in [-0.3, -0.25) is 0 Å². The minimum absolute atomic E-state index is 0. The Morgan fingerprint density at radius 1 is 1.21 bits per heavy atom. The van der Waals surface area contributed by atoms with Gasteiger partial charge in [-0.15, -0.1) is 0 Å². The van der Waals surface area contributed by atoms with E-state index in [1.54, 1.807) is 0 Å². The molecule has 1 atom stereocenters. The minimum Gasteiger partial charge on any atom is -0.747 e. The van der Waals surface area contributed by atoms with Gasteiger partial charge in [0.2, 0.25) is 0 Å². The molecule has 7 nitrogen and oxygen atoms in total. The van der Waals surface area contributed by atoms with Crippen LogP contribution in [0.1, 0.15) is 6.42 Å². The van der Waals surface area contributed by atoms with Crippen molar-refractivity contribution in [2.45, 2.75) is 11.7 Å². The first kappa shape index (κ1) is 19.7. The molecule has 0 aliphatic carbocycles. The number of carbonyl (C=O) groups is 2. The smallest absolute Gasteiger partial charge is 0.747 e. The average Bonchev–Trinajstić information content (AvgIpc) is 1.79. The zero-order valence-electron chi connectivity index (χ0n) is 6.83.